The van der Waals surface area contributed by atoms with Gasteiger partial charge in [0.1, 0.15) is 17.5 Å². The molecule has 1 aromatic heterocycles. The first-order valence-corrected chi connectivity index (χ1v) is 7.54. The van der Waals surface area contributed by atoms with Crippen LogP contribution < -0.4 is 10.6 Å². The zero-order valence-corrected chi connectivity index (χ0v) is 13.3. The summed E-state index contributed by atoms with van der Waals surface area (Å²) >= 11 is 0. The van der Waals surface area contributed by atoms with Gasteiger partial charge in [-0.3, -0.25) is 0 Å². The molecule has 0 saturated heterocycles. The van der Waals surface area contributed by atoms with Crippen LogP contribution in [0.25, 0.3) is 0 Å². The number of hydrogen-bond donors (Lipinski definition) is 1. The van der Waals surface area contributed by atoms with Crippen molar-refractivity contribution < 1.29 is 0 Å². The number of anilines is 3. The maximum Gasteiger partial charge on any atom is 0.141 e. The Morgan fingerprint density at radius 3 is 2.52 bits per heavy atom. The first-order chi connectivity index (χ1) is 10.1. The Kier molecular flexibility index (Phi) is 4.78. The van der Waals surface area contributed by atoms with Gasteiger partial charge in [-0.15, -0.1) is 0 Å². The van der Waals surface area contributed by atoms with Crippen LogP contribution in [0.15, 0.2) is 24.3 Å². The maximum absolute atomic E-state index is 6.07. The molecule has 21 heavy (non-hydrogen) atoms. The summed E-state index contributed by atoms with van der Waals surface area (Å²) in [7, 11) is 0. The van der Waals surface area contributed by atoms with Gasteiger partial charge in [0.25, 0.3) is 0 Å². The van der Waals surface area contributed by atoms with Crippen LogP contribution in [0.2, 0.25) is 0 Å². The number of nitrogen functional groups attached to an aromatic ring is 1. The quantitative estimate of drug-likeness (QED) is 0.907. The second-order valence-corrected chi connectivity index (χ2v) is 5.31. The number of benzene rings is 1. The van der Waals surface area contributed by atoms with Crippen molar-refractivity contribution in [1.82, 2.24) is 9.97 Å². The van der Waals surface area contributed by atoms with E-state index in [9.17, 15) is 0 Å². The molecule has 0 radical (unpaired) electrons. The van der Waals surface area contributed by atoms with Crippen LogP contribution in [0.1, 0.15) is 37.2 Å². The molecule has 0 aliphatic rings. The molecule has 4 nitrogen and oxygen atoms in total. The molecule has 0 aliphatic carbocycles. The first kappa shape index (κ1) is 15.3. The smallest absolute Gasteiger partial charge is 0.141 e. The van der Waals surface area contributed by atoms with Crippen LogP contribution in [0, 0.1) is 13.8 Å². The number of nitrogens with zero attached hydrogens (tertiary/aromatic N) is 3. The predicted molar refractivity (Wildman–Crippen MR) is 89.0 cm³/mol. The Morgan fingerprint density at radius 2 is 1.90 bits per heavy atom. The minimum atomic E-state index is 0.578. The highest BCUT2D eigenvalue weighted by Crippen LogP contribution is 2.29. The number of aryl methyl sites for hydroxylation is 2. The highest BCUT2D eigenvalue weighted by atomic mass is 15.2. The minimum absolute atomic E-state index is 0.578. The Labute approximate surface area is 127 Å². The lowest BCUT2D eigenvalue weighted by Crippen LogP contribution is -2.20. The molecular formula is C17H24N4. The van der Waals surface area contributed by atoms with Gasteiger partial charge < -0.3 is 10.6 Å². The van der Waals surface area contributed by atoms with Gasteiger partial charge in [0.15, 0.2) is 0 Å². The molecule has 2 rings (SSSR count). The second-order valence-electron chi connectivity index (χ2n) is 5.31. The molecule has 0 spiro atoms. The lowest BCUT2D eigenvalue weighted by atomic mass is 10.2. The number of rotatable bonds is 5. The van der Waals surface area contributed by atoms with E-state index in [1.165, 1.54) is 5.56 Å². The summed E-state index contributed by atoms with van der Waals surface area (Å²) in [6, 6.07) is 8.44. The van der Waals surface area contributed by atoms with Crippen molar-refractivity contribution in [2.24, 2.45) is 0 Å². The van der Waals surface area contributed by atoms with E-state index in [4.69, 9.17) is 10.7 Å². The third kappa shape index (κ3) is 3.32. The molecule has 0 unspecified atom stereocenters. The van der Waals surface area contributed by atoms with Gasteiger partial charge in [0, 0.05) is 24.2 Å². The van der Waals surface area contributed by atoms with Crippen LogP contribution in [-0.2, 0) is 6.42 Å². The maximum atomic E-state index is 6.07. The standard InChI is InChI=1S/C17H24N4/c1-5-8-15-19-16(18)13(4)17(20-15)21(6-2)14-10-7-9-12(3)11-14/h7,9-11H,5-6,8H2,1-4H3,(H2,18,19,20). The minimum Gasteiger partial charge on any atom is -0.383 e. The third-order valence-electron chi connectivity index (χ3n) is 3.56. The normalized spacial score (nSPS) is 10.7. The Balaban J connectivity index is 2.51. The van der Waals surface area contributed by atoms with Crippen molar-refractivity contribution in [2.45, 2.75) is 40.5 Å². The highest BCUT2D eigenvalue weighted by molar-refractivity contribution is 5.66. The average molecular weight is 284 g/mol. The molecule has 0 atom stereocenters. The van der Waals surface area contributed by atoms with Gasteiger partial charge in [-0.25, -0.2) is 9.97 Å². The van der Waals surface area contributed by atoms with Crippen molar-refractivity contribution in [3.05, 3.63) is 41.2 Å². The fourth-order valence-electron chi connectivity index (χ4n) is 2.42. The summed E-state index contributed by atoms with van der Waals surface area (Å²) in [4.78, 5) is 11.3. The van der Waals surface area contributed by atoms with Gasteiger partial charge in [-0.05, 0) is 44.9 Å². The van der Waals surface area contributed by atoms with Crippen molar-refractivity contribution in [3.63, 3.8) is 0 Å². The van der Waals surface area contributed by atoms with Gasteiger partial charge in [-0.2, -0.15) is 0 Å². The molecule has 2 aromatic rings. The van der Waals surface area contributed by atoms with E-state index >= 15 is 0 Å². The Hall–Kier alpha value is -2.10. The second kappa shape index (κ2) is 6.57. The zero-order valence-electron chi connectivity index (χ0n) is 13.3. The SMILES string of the molecule is CCCc1nc(N)c(C)c(N(CC)c2cccc(C)c2)n1. The molecule has 0 amide bonds. The summed E-state index contributed by atoms with van der Waals surface area (Å²) in [6.45, 7) is 9.17. The molecule has 0 saturated carbocycles. The van der Waals surface area contributed by atoms with Crippen LogP contribution in [0.3, 0.4) is 0 Å². The molecule has 2 N–H and O–H groups in total. The van der Waals surface area contributed by atoms with Crippen LogP contribution in [0.4, 0.5) is 17.3 Å². The topological polar surface area (TPSA) is 55.0 Å². The molecular weight excluding hydrogens is 260 g/mol. The highest BCUT2D eigenvalue weighted by Gasteiger charge is 2.15. The van der Waals surface area contributed by atoms with E-state index in [1.54, 1.807) is 0 Å². The number of nitrogens with two attached hydrogens (primary N) is 1. The van der Waals surface area contributed by atoms with Crippen molar-refractivity contribution in [2.75, 3.05) is 17.2 Å². The van der Waals surface area contributed by atoms with Gasteiger partial charge in [0.05, 0.1) is 0 Å². The molecule has 112 valence electrons. The summed E-state index contributed by atoms with van der Waals surface area (Å²) < 4.78 is 0. The summed E-state index contributed by atoms with van der Waals surface area (Å²) in [5.74, 6) is 2.32. The largest absolute Gasteiger partial charge is 0.383 e. The van der Waals surface area contributed by atoms with Gasteiger partial charge in [-0.1, -0.05) is 19.1 Å². The molecule has 1 aromatic carbocycles. The summed E-state index contributed by atoms with van der Waals surface area (Å²) in [6.07, 6.45) is 1.86. The van der Waals surface area contributed by atoms with Gasteiger partial charge in [0.2, 0.25) is 0 Å². The molecule has 0 aliphatic heterocycles. The van der Waals surface area contributed by atoms with Crippen LogP contribution in [0.5, 0.6) is 0 Å². The number of hydrogen-bond acceptors (Lipinski definition) is 4. The van der Waals surface area contributed by atoms with E-state index in [1.807, 2.05) is 6.92 Å². The Bertz CT molecular complexity index is 622. The van der Waals surface area contributed by atoms with Crippen LogP contribution >= 0.6 is 0 Å². The fourth-order valence-corrected chi connectivity index (χ4v) is 2.42. The van der Waals surface area contributed by atoms with Crippen molar-refractivity contribution >= 4 is 17.3 Å². The van der Waals surface area contributed by atoms with Crippen LogP contribution in [-0.4, -0.2) is 16.5 Å². The van der Waals surface area contributed by atoms with Crippen molar-refractivity contribution in [3.8, 4) is 0 Å². The predicted octanol–water partition coefficient (Wildman–Crippen LogP) is 3.79. The molecule has 1 heterocycles. The van der Waals surface area contributed by atoms with Crippen molar-refractivity contribution in [1.29, 1.82) is 0 Å². The summed E-state index contributed by atoms with van der Waals surface area (Å²) in [5, 5.41) is 0. The zero-order chi connectivity index (χ0) is 15.4. The summed E-state index contributed by atoms with van der Waals surface area (Å²) in [5.41, 5.74) is 9.39. The first-order valence-electron chi connectivity index (χ1n) is 7.54. The molecule has 4 heteroatoms. The monoisotopic (exact) mass is 284 g/mol. The van der Waals surface area contributed by atoms with Gasteiger partial charge >= 0.3 is 0 Å². The average Bonchev–Trinajstić information content (AvgIpc) is 2.45. The molecule has 0 bridgehead atoms. The fraction of sp³-hybridized carbons (Fsp3) is 0.412. The molecule has 0 fully saturated rings. The van der Waals surface area contributed by atoms with E-state index < -0.39 is 0 Å². The lowest BCUT2D eigenvalue weighted by Gasteiger charge is -2.25. The van der Waals surface area contributed by atoms with E-state index in [0.717, 1.165) is 42.3 Å². The lowest BCUT2D eigenvalue weighted by molar-refractivity contribution is 0.824. The Morgan fingerprint density at radius 1 is 1.14 bits per heavy atom. The van der Waals surface area contributed by atoms with E-state index in [2.05, 4.69) is 54.9 Å². The van der Waals surface area contributed by atoms with E-state index in [0.29, 0.717) is 5.82 Å². The number of aromatic nitrogens is 2. The third-order valence-corrected chi connectivity index (χ3v) is 3.56. The van der Waals surface area contributed by atoms with E-state index in [-0.39, 0.29) is 0 Å².